The Kier molecular flexibility index (Phi) is 11.3. The number of thioether (sulfide) groups is 1. The van der Waals surface area contributed by atoms with Crippen molar-refractivity contribution in [2.75, 3.05) is 17.8 Å². The van der Waals surface area contributed by atoms with Crippen molar-refractivity contribution in [2.24, 2.45) is 5.73 Å². The number of carbonyl (C=O) groups excluding carboxylic acids is 3. The number of carboxylic acid groups (broad SMARTS) is 1. The molecule has 7 N–H and O–H groups in total. The summed E-state index contributed by atoms with van der Waals surface area (Å²) in [6, 6.07) is -3.96. The molecule has 0 saturated carbocycles. The number of hydrogen-bond donors (Lipinski definition) is 7. The highest BCUT2D eigenvalue weighted by molar-refractivity contribution is 7.98. The molecular formula is C17H28N6O5S2. The van der Waals surface area contributed by atoms with Crippen LogP contribution in [-0.2, 0) is 25.6 Å². The lowest BCUT2D eigenvalue weighted by molar-refractivity contribution is -0.142. The van der Waals surface area contributed by atoms with Crippen molar-refractivity contribution in [1.82, 2.24) is 25.9 Å². The standard InChI is InChI=1S/C17H28N6O5S2/c1-9(14(24)23-13(17(27)28)5-10-6-19-8-20-10)21-16(26)12(3-4-30-2)22-15(25)11(18)7-29/h6,8-9,11-13,29H,3-5,7,18H2,1-2H3,(H,19,20)(H,21,26)(H,22,25)(H,23,24)(H,27,28). The second-order valence-electron chi connectivity index (χ2n) is 6.54. The molecule has 1 rings (SSSR count). The predicted octanol–water partition coefficient (Wildman–Crippen LogP) is -1.48. The number of nitrogens with one attached hydrogen (secondary N) is 4. The third-order valence-electron chi connectivity index (χ3n) is 4.12. The number of carbonyl (C=O) groups is 4. The Labute approximate surface area is 184 Å². The Hall–Kier alpha value is -2.25. The number of carboxylic acids is 1. The molecule has 11 nitrogen and oxygen atoms in total. The van der Waals surface area contributed by atoms with Crippen LogP contribution in [0.2, 0.25) is 0 Å². The molecule has 13 heteroatoms. The molecule has 1 aromatic heterocycles. The number of aromatic amines is 1. The molecule has 4 atom stereocenters. The number of nitrogens with two attached hydrogens (primary N) is 1. The summed E-state index contributed by atoms with van der Waals surface area (Å²) in [4.78, 5) is 55.0. The van der Waals surface area contributed by atoms with E-state index in [9.17, 15) is 24.3 Å². The normalized spacial score (nSPS) is 14.8. The molecule has 0 radical (unpaired) electrons. The Morgan fingerprint density at radius 3 is 2.40 bits per heavy atom. The molecule has 0 aliphatic heterocycles. The fourth-order valence-corrected chi connectivity index (χ4v) is 3.00. The summed E-state index contributed by atoms with van der Waals surface area (Å²) in [7, 11) is 0. The van der Waals surface area contributed by atoms with Gasteiger partial charge in [-0.05, 0) is 25.4 Å². The van der Waals surface area contributed by atoms with E-state index in [2.05, 4.69) is 38.5 Å². The Balaban J connectivity index is 2.71. The molecule has 0 bridgehead atoms. The fraction of sp³-hybridized carbons (Fsp3) is 0.588. The third kappa shape index (κ3) is 8.63. The summed E-state index contributed by atoms with van der Waals surface area (Å²) in [6.07, 6.45) is 5.07. The first-order valence-corrected chi connectivity index (χ1v) is 11.2. The van der Waals surface area contributed by atoms with E-state index in [0.717, 1.165) is 0 Å². The van der Waals surface area contributed by atoms with E-state index < -0.39 is 47.9 Å². The van der Waals surface area contributed by atoms with Gasteiger partial charge in [-0.25, -0.2) is 9.78 Å². The fourth-order valence-electron chi connectivity index (χ4n) is 2.36. The van der Waals surface area contributed by atoms with Crippen molar-refractivity contribution in [3.8, 4) is 0 Å². The first-order chi connectivity index (χ1) is 14.2. The first-order valence-electron chi connectivity index (χ1n) is 9.16. The maximum absolute atomic E-state index is 12.6. The third-order valence-corrected chi connectivity index (χ3v) is 5.16. The van der Waals surface area contributed by atoms with E-state index in [1.54, 1.807) is 0 Å². The molecule has 3 amide bonds. The lowest BCUT2D eigenvalue weighted by Gasteiger charge is -2.23. The first kappa shape index (κ1) is 25.8. The van der Waals surface area contributed by atoms with Gasteiger partial charge in [0.05, 0.1) is 12.4 Å². The highest BCUT2D eigenvalue weighted by Gasteiger charge is 2.28. The van der Waals surface area contributed by atoms with E-state index in [1.165, 1.54) is 31.2 Å². The van der Waals surface area contributed by atoms with Gasteiger partial charge in [0.1, 0.15) is 18.1 Å². The molecule has 168 valence electrons. The van der Waals surface area contributed by atoms with Crippen molar-refractivity contribution < 1.29 is 24.3 Å². The summed E-state index contributed by atoms with van der Waals surface area (Å²) in [6.45, 7) is 1.43. The van der Waals surface area contributed by atoms with Gasteiger partial charge >= 0.3 is 5.97 Å². The quantitative estimate of drug-likeness (QED) is 0.174. The van der Waals surface area contributed by atoms with Gasteiger partial charge in [-0.3, -0.25) is 14.4 Å². The maximum Gasteiger partial charge on any atom is 0.326 e. The SMILES string of the molecule is CSCCC(NC(=O)C(N)CS)C(=O)NC(C)C(=O)NC(Cc1cnc[nH]1)C(=O)O. The number of thiol groups is 1. The molecule has 1 heterocycles. The van der Waals surface area contributed by atoms with Crippen LogP contribution < -0.4 is 21.7 Å². The Morgan fingerprint density at radius 2 is 1.87 bits per heavy atom. The summed E-state index contributed by atoms with van der Waals surface area (Å²) in [5, 5.41) is 16.8. The highest BCUT2D eigenvalue weighted by atomic mass is 32.2. The van der Waals surface area contributed by atoms with Crippen LogP contribution in [-0.4, -0.2) is 80.7 Å². The van der Waals surface area contributed by atoms with Gasteiger partial charge < -0.3 is 31.8 Å². The second kappa shape index (κ2) is 13.1. The summed E-state index contributed by atoms with van der Waals surface area (Å²) >= 11 is 5.46. The number of aromatic nitrogens is 2. The average molecular weight is 461 g/mol. The Bertz CT molecular complexity index is 718. The molecule has 0 spiro atoms. The largest absolute Gasteiger partial charge is 0.480 e. The molecule has 0 aliphatic rings. The predicted molar refractivity (Wildman–Crippen MR) is 116 cm³/mol. The van der Waals surface area contributed by atoms with Crippen molar-refractivity contribution in [2.45, 2.75) is 43.9 Å². The van der Waals surface area contributed by atoms with Gasteiger partial charge in [-0.2, -0.15) is 24.4 Å². The van der Waals surface area contributed by atoms with Crippen LogP contribution in [0.15, 0.2) is 12.5 Å². The van der Waals surface area contributed by atoms with Crippen molar-refractivity contribution in [3.05, 3.63) is 18.2 Å². The number of amides is 3. The van der Waals surface area contributed by atoms with Crippen molar-refractivity contribution in [3.63, 3.8) is 0 Å². The summed E-state index contributed by atoms with van der Waals surface area (Å²) < 4.78 is 0. The van der Waals surface area contributed by atoms with Gasteiger partial charge in [0, 0.05) is 24.1 Å². The van der Waals surface area contributed by atoms with Gasteiger partial charge in [-0.1, -0.05) is 0 Å². The molecule has 0 fully saturated rings. The van der Waals surface area contributed by atoms with Crippen LogP contribution in [0.25, 0.3) is 0 Å². The van der Waals surface area contributed by atoms with Crippen molar-refractivity contribution in [1.29, 1.82) is 0 Å². The molecular weight excluding hydrogens is 432 g/mol. The monoisotopic (exact) mass is 460 g/mol. The topological polar surface area (TPSA) is 179 Å². The molecule has 4 unspecified atom stereocenters. The van der Waals surface area contributed by atoms with Gasteiger partial charge in [-0.15, -0.1) is 0 Å². The van der Waals surface area contributed by atoms with Crippen LogP contribution in [0.1, 0.15) is 19.0 Å². The van der Waals surface area contributed by atoms with E-state index in [1.807, 2.05) is 6.26 Å². The smallest absolute Gasteiger partial charge is 0.326 e. The van der Waals surface area contributed by atoms with E-state index in [0.29, 0.717) is 17.9 Å². The number of rotatable bonds is 13. The minimum absolute atomic E-state index is 0.00968. The Morgan fingerprint density at radius 1 is 1.20 bits per heavy atom. The highest BCUT2D eigenvalue weighted by Crippen LogP contribution is 2.03. The zero-order valence-electron chi connectivity index (χ0n) is 16.8. The minimum Gasteiger partial charge on any atom is -0.480 e. The molecule has 30 heavy (non-hydrogen) atoms. The van der Waals surface area contributed by atoms with E-state index >= 15 is 0 Å². The zero-order valence-corrected chi connectivity index (χ0v) is 18.5. The van der Waals surface area contributed by atoms with Crippen LogP contribution in [0.5, 0.6) is 0 Å². The van der Waals surface area contributed by atoms with Gasteiger partial charge in [0.2, 0.25) is 17.7 Å². The van der Waals surface area contributed by atoms with Crippen LogP contribution >= 0.6 is 24.4 Å². The van der Waals surface area contributed by atoms with Gasteiger partial charge in [0.15, 0.2) is 0 Å². The lowest BCUT2D eigenvalue weighted by Crippen LogP contribution is -2.56. The van der Waals surface area contributed by atoms with E-state index in [4.69, 9.17) is 5.73 Å². The van der Waals surface area contributed by atoms with Crippen molar-refractivity contribution >= 4 is 48.1 Å². The molecule has 0 saturated heterocycles. The number of aliphatic carboxylic acids is 1. The summed E-state index contributed by atoms with van der Waals surface area (Å²) in [5.41, 5.74) is 6.17. The maximum atomic E-state index is 12.6. The van der Waals surface area contributed by atoms with Gasteiger partial charge in [0.25, 0.3) is 0 Å². The number of nitrogens with zero attached hydrogens (tertiary/aromatic N) is 1. The lowest BCUT2D eigenvalue weighted by atomic mass is 10.1. The van der Waals surface area contributed by atoms with E-state index in [-0.39, 0.29) is 12.2 Å². The molecule has 0 aromatic carbocycles. The molecule has 1 aromatic rings. The minimum atomic E-state index is -1.22. The number of imidazole rings is 1. The van der Waals surface area contributed by atoms with Crippen LogP contribution in [0, 0.1) is 0 Å². The summed E-state index contributed by atoms with van der Waals surface area (Å²) in [5.74, 6) is -2.25. The second-order valence-corrected chi connectivity index (χ2v) is 7.89. The number of H-pyrrole nitrogens is 1. The average Bonchev–Trinajstić information content (AvgIpc) is 3.22. The number of hydrogen-bond acceptors (Lipinski definition) is 8. The van der Waals surface area contributed by atoms with Crippen LogP contribution in [0.3, 0.4) is 0 Å². The molecule has 0 aliphatic carbocycles. The zero-order chi connectivity index (χ0) is 22.7. The van der Waals surface area contributed by atoms with Crippen LogP contribution in [0.4, 0.5) is 0 Å².